The SMILES string of the molecule is COCC(C)NCCN(C)C1CCCCCC1. The Morgan fingerprint density at radius 1 is 1.24 bits per heavy atom. The zero-order chi connectivity index (χ0) is 12.5. The van der Waals surface area contributed by atoms with Crippen molar-refractivity contribution >= 4 is 0 Å². The fourth-order valence-corrected chi connectivity index (χ4v) is 2.68. The van der Waals surface area contributed by atoms with Crippen LogP contribution < -0.4 is 5.32 Å². The summed E-state index contributed by atoms with van der Waals surface area (Å²) in [6.07, 6.45) is 8.50. The molecule has 3 heteroatoms. The highest BCUT2D eigenvalue weighted by molar-refractivity contribution is 4.73. The minimum Gasteiger partial charge on any atom is -0.383 e. The van der Waals surface area contributed by atoms with E-state index in [0.29, 0.717) is 6.04 Å². The zero-order valence-electron chi connectivity index (χ0n) is 11.9. The Balaban J connectivity index is 2.12. The number of likely N-dealkylation sites (N-methyl/N-ethyl adjacent to an activating group) is 1. The smallest absolute Gasteiger partial charge is 0.0613 e. The molecular weight excluding hydrogens is 212 g/mol. The van der Waals surface area contributed by atoms with Crippen molar-refractivity contribution in [3.8, 4) is 0 Å². The van der Waals surface area contributed by atoms with Gasteiger partial charge in [-0.3, -0.25) is 0 Å². The molecule has 17 heavy (non-hydrogen) atoms. The zero-order valence-corrected chi connectivity index (χ0v) is 11.9. The summed E-state index contributed by atoms with van der Waals surface area (Å²) < 4.78 is 5.12. The van der Waals surface area contributed by atoms with Crippen LogP contribution in [0.2, 0.25) is 0 Å². The average Bonchev–Trinajstić information content (AvgIpc) is 2.57. The Morgan fingerprint density at radius 3 is 2.47 bits per heavy atom. The number of hydrogen-bond donors (Lipinski definition) is 1. The van der Waals surface area contributed by atoms with Crippen LogP contribution in [0.3, 0.4) is 0 Å². The second-order valence-corrected chi connectivity index (χ2v) is 5.44. The Hall–Kier alpha value is -0.120. The summed E-state index contributed by atoms with van der Waals surface area (Å²) >= 11 is 0. The Kier molecular flexibility index (Phi) is 7.82. The van der Waals surface area contributed by atoms with E-state index in [-0.39, 0.29) is 0 Å². The highest BCUT2D eigenvalue weighted by Crippen LogP contribution is 2.20. The molecule has 1 aliphatic carbocycles. The largest absolute Gasteiger partial charge is 0.383 e. The lowest BCUT2D eigenvalue weighted by Crippen LogP contribution is -2.40. The first-order chi connectivity index (χ1) is 8.24. The summed E-state index contributed by atoms with van der Waals surface area (Å²) in [5.74, 6) is 0. The molecule has 0 heterocycles. The standard InChI is InChI=1S/C14H30N2O/c1-13(12-17-3)15-10-11-16(2)14-8-6-4-5-7-9-14/h13-15H,4-12H2,1-3H3. The molecule has 1 N–H and O–H groups in total. The first kappa shape index (κ1) is 14.9. The van der Waals surface area contributed by atoms with Gasteiger partial charge in [-0.05, 0) is 26.8 Å². The van der Waals surface area contributed by atoms with E-state index in [1.165, 1.54) is 38.5 Å². The lowest BCUT2D eigenvalue weighted by molar-refractivity contribution is 0.166. The van der Waals surface area contributed by atoms with Crippen LogP contribution in [0.25, 0.3) is 0 Å². The molecule has 1 unspecified atom stereocenters. The number of hydrogen-bond acceptors (Lipinski definition) is 3. The molecule has 0 aromatic heterocycles. The van der Waals surface area contributed by atoms with Crippen molar-refractivity contribution in [1.29, 1.82) is 0 Å². The predicted octanol–water partition coefficient (Wildman–Crippen LogP) is 2.27. The van der Waals surface area contributed by atoms with Crippen LogP contribution in [-0.2, 0) is 4.74 Å². The Morgan fingerprint density at radius 2 is 1.88 bits per heavy atom. The van der Waals surface area contributed by atoms with Gasteiger partial charge in [0.15, 0.2) is 0 Å². The molecule has 0 aromatic carbocycles. The van der Waals surface area contributed by atoms with Crippen molar-refractivity contribution in [3.05, 3.63) is 0 Å². The predicted molar refractivity (Wildman–Crippen MR) is 73.5 cm³/mol. The fraction of sp³-hybridized carbons (Fsp3) is 1.00. The molecule has 0 saturated heterocycles. The van der Waals surface area contributed by atoms with Gasteiger partial charge in [0.05, 0.1) is 6.61 Å². The van der Waals surface area contributed by atoms with Gasteiger partial charge in [-0.25, -0.2) is 0 Å². The fourth-order valence-electron chi connectivity index (χ4n) is 2.68. The third-order valence-corrected chi connectivity index (χ3v) is 3.82. The molecule has 1 rings (SSSR count). The number of rotatable bonds is 7. The normalized spacial score (nSPS) is 20.5. The van der Waals surface area contributed by atoms with Crippen molar-refractivity contribution in [2.24, 2.45) is 0 Å². The summed E-state index contributed by atoms with van der Waals surface area (Å²) in [5.41, 5.74) is 0. The molecular formula is C14H30N2O. The van der Waals surface area contributed by atoms with E-state index in [4.69, 9.17) is 4.74 Å². The van der Waals surface area contributed by atoms with Gasteiger partial charge in [0, 0.05) is 32.3 Å². The minimum absolute atomic E-state index is 0.461. The monoisotopic (exact) mass is 242 g/mol. The van der Waals surface area contributed by atoms with E-state index in [1.54, 1.807) is 7.11 Å². The van der Waals surface area contributed by atoms with Gasteiger partial charge in [0.2, 0.25) is 0 Å². The molecule has 0 spiro atoms. The van der Waals surface area contributed by atoms with E-state index >= 15 is 0 Å². The molecule has 0 aliphatic heterocycles. The molecule has 1 aliphatic rings. The van der Waals surface area contributed by atoms with Crippen molar-refractivity contribution < 1.29 is 4.74 Å². The number of nitrogens with zero attached hydrogens (tertiary/aromatic N) is 1. The second-order valence-electron chi connectivity index (χ2n) is 5.44. The highest BCUT2D eigenvalue weighted by Gasteiger charge is 2.16. The quantitative estimate of drug-likeness (QED) is 0.693. The number of methoxy groups -OCH3 is 1. The van der Waals surface area contributed by atoms with Crippen molar-refractivity contribution in [2.75, 3.05) is 33.9 Å². The summed E-state index contributed by atoms with van der Waals surface area (Å²) in [6, 6.07) is 1.28. The van der Waals surface area contributed by atoms with Crippen LogP contribution >= 0.6 is 0 Å². The molecule has 0 aromatic rings. The van der Waals surface area contributed by atoms with Crippen molar-refractivity contribution in [3.63, 3.8) is 0 Å². The van der Waals surface area contributed by atoms with Crippen LogP contribution in [0.1, 0.15) is 45.4 Å². The maximum absolute atomic E-state index is 5.12. The highest BCUT2D eigenvalue weighted by atomic mass is 16.5. The molecule has 1 saturated carbocycles. The van der Waals surface area contributed by atoms with Gasteiger partial charge < -0.3 is 15.0 Å². The van der Waals surface area contributed by atoms with Gasteiger partial charge in [-0.1, -0.05) is 25.7 Å². The molecule has 0 amide bonds. The van der Waals surface area contributed by atoms with Crippen LogP contribution in [0.5, 0.6) is 0 Å². The first-order valence-electron chi connectivity index (χ1n) is 7.16. The molecule has 1 atom stereocenters. The Bertz CT molecular complexity index is 179. The summed E-state index contributed by atoms with van der Waals surface area (Å²) in [5, 5.41) is 3.50. The van der Waals surface area contributed by atoms with Crippen molar-refractivity contribution in [2.45, 2.75) is 57.5 Å². The van der Waals surface area contributed by atoms with E-state index in [1.807, 2.05) is 0 Å². The van der Waals surface area contributed by atoms with E-state index in [9.17, 15) is 0 Å². The van der Waals surface area contributed by atoms with Gasteiger partial charge in [0.25, 0.3) is 0 Å². The van der Waals surface area contributed by atoms with E-state index < -0.39 is 0 Å². The average molecular weight is 242 g/mol. The van der Waals surface area contributed by atoms with Crippen molar-refractivity contribution in [1.82, 2.24) is 10.2 Å². The molecule has 102 valence electrons. The summed E-state index contributed by atoms with van der Waals surface area (Å²) in [6.45, 7) is 5.19. The summed E-state index contributed by atoms with van der Waals surface area (Å²) in [4.78, 5) is 2.54. The van der Waals surface area contributed by atoms with Gasteiger partial charge in [0.1, 0.15) is 0 Å². The second kappa shape index (κ2) is 8.90. The van der Waals surface area contributed by atoms with Gasteiger partial charge in [-0.2, -0.15) is 0 Å². The van der Waals surface area contributed by atoms with Crippen LogP contribution in [0.4, 0.5) is 0 Å². The molecule has 1 fully saturated rings. The first-order valence-corrected chi connectivity index (χ1v) is 7.16. The summed E-state index contributed by atoms with van der Waals surface area (Å²) in [7, 11) is 4.04. The molecule has 0 radical (unpaired) electrons. The van der Waals surface area contributed by atoms with E-state index in [2.05, 4.69) is 24.2 Å². The topological polar surface area (TPSA) is 24.5 Å². The molecule has 0 bridgehead atoms. The van der Waals surface area contributed by atoms with Gasteiger partial charge in [-0.15, -0.1) is 0 Å². The van der Waals surface area contributed by atoms with Crippen LogP contribution in [0, 0.1) is 0 Å². The Labute approximate surface area is 107 Å². The maximum atomic E-state index is 5.12. The van der Waals surface area contributed by atoms with Crippen LogP contribution in [0.15, 0.2) is 0 Å². The maximum Gasteiger partial charge on any atom is 0.0613 e. The van der Waals surface area contributed by atoms with Gasteiger partial charge >= 0.3 is 0 Å². The lowest BCUT2D eigenvalue weighted by atomic mass is 10.1. The van der Waals surface area contributed by atoms with E-state index in [0.717, 1.165) is 25.7 Å². The minimum atomic E-state index is 0.461. The lowest BCUT2D eigenvalue weighted by Gasteiger charge is -2.27. The number of nitrogens with one attached hydrogen (secondary N) is 1. The third kappa shape index (κ3) is 6.39. The third-order valence-electron chi connectivity index (χ3n) is 3.82. The molecule has 3 nitrogen and oxygen atoms in total. The van der Waals surface area contributed by atoms with Crippen LogP contribution in [-0.4, -0.2) is 50.8 Å². The number of ether oxygens (including phenoxy) is 1.